The van der Waals surface area contributed by atoms with Gasteiger partial charge in [0.2, 0.25) is 0 Å². The molecule has 2 rings (SSSR count). The summed E-state index contributed by atoms with van der Waals surface area (Å²) >= 11 is 0. The molecule has 0 aliphatic rings. The van der Waals surface area contributed by atoms with E-state index >= 15 is 0 Å². The smallest absolute Gasteiger partial charge is 0.407 e. The van der Waals surface area contributed by atoms with Gasteiger partial charge in [-0.3, -0.25) is 0 Å². The number of carbonyl (C=O) groups is 1. The number of fused-ring (bicyclic) bond motifs is 1. The number of hydrogen-bond acceptors (Lipinski definition) is 2. The molecule has 4 heteroatoms. The first kappa shape index (κ1) is 14.2. The van der Waals surface area contributed by atoms with Gasteiger partial charge in [0.1, 0.15) is 5.60 Å². The minimum absolute atomic E-state index is 0.402. The fourth-order valence-corrected chi connectivity index (χ4v) is 1.87. The average molecular weight is 272 g/mol. The molecule has 0 aliphatic heterocycles. The van der Waals surface area contributed by atoms with Crippen molar-refractivity contribution in [2.24, 2.45) is 0 Å². The highest BCUT2D eigenvalue weighted by Gasteiger charge is 2.14. The summed E-state index contributed by atoms with van der Waals surface area (Å²) in [4.78, 5) is 14.7. The van der Waals surface area contributed by atoms with E-state index in [1.807, 2.05) is 57.3 Å². The lowest BCUT2D eigenvalue weighted by molar-refractivity contribution is 0.0534. The van der Waals surface area contributed by atoms with Gasteiger partial charge in [0, 0.05) is 23.6 Å². The Balaban J connectivity index is 1.89. The van der Waals surface area contributed by atoms with Crippen molar-refractivity contribution < 1.29 is 9.53 Å². The van der Waals surface area contributed by atoms with Crippen molar-refractivity contribution in [3.05, 3.63) is 42.1 Å². The maximum Gasteiger partial charge on any atom is 0.407 e. The van der Waals surface area contributed by atoms with Gasteiger partial charge in [-0.1, -0.05) is 30.4 Å². The highest BCUT2D eigenvalue weighted by atomic mass is 16.6. The van der Waals surface area contributed by atoms with E-state index in [2.05, 4.69) is 16.4 Å². The van der Waals surface area contributed by atoms with Crippen LogP contribution in [0.5, 0.6) is 0 Å². The predicted octanol–water partition coefficient (Wildman–Crippen LogP) is 3.71. The Morgan fingerprint density at radius 3 is 2.85 bits per heavy atom. The van der Waals surface area contributed by atoms with Crippen LogP contribution in [-0.4, -0.2) is 23.2 Å². The first-order valence-electron chi connectivity index (χ1n) is 6.65. The molecule has 0 radical (unpaired) electrons. The number of ether oxygens (including phenoxy) is 1. The van der Waals surface area contributed by atoms with Crippen LogP contribution in [0, 0.1) is 0 Å². The highest BCUT2D eigenvalue weighted by molar-refractivity contribution is 5.88. The zero-order valence-corrected chi connectivity index (χ0v) is 12.1. The fraction of sp³-hybridized carbons (Fsp3) is 0.312. The third kappa shape index (κ3) is 3.88. The molecule has 0 fully saturated rings. The Morgan fingerprint density at radius 1 is 1.35 bits per heavy atom. The zero-order valence-electron chi connectivity index (χ0n) is 12.1. The van der Waals surface area contributed by atoms with Crippen LogP contribution in [0.4, 0.5) is 4.79 Å². The van der Waals surface area contributed by atoms with Crippen molar-refractivity contribution in [2.45, 2.75) is 26.4 Å². The van der Waals surface area contributed by atoms with Gasteiger partial charge < -0.3 is 15.0 Å². The third-order valence-corrected chi connectivity index (χ3v) is 2.68. The van der Waals surface area contributed by atoms with Gasteiger partial charge in [-0.2, -0.15) is 0 Å². The number of amides is 1. The third-order valence-electron chi connectivity index (χ3n) is 2.68. The molecule has 0 bridgehead atoms. The van der Waals surface area contributed by atoms with Crippen LogP contribution in [-0.2, 0) is 4.74 Å². The Bertz CT molecular complexity index is 621. The topological polar surface area (TPSA) is 54.1 Å². The normalized spacial score (nSPS) is 11.9. The molecule has 0 saturated heterocycles. The molecule has 2 N–H and O–H groups in total. The van der Waals surface area contributed by atoms with Crippen molar-refractivity contribution in [2.75, 3.05) is 6.54 Å². The Labute approximate surface area is 118 Å². The van der Waals surface area contributed by atoms with Crippen LogP contribution in [0.3, 0.4) is 0 Å². The number of para-hydroxylation sites is 1. The molecular formula is C16H20N2O2. The summed E-state index contributed by atoms with van der Waals surface area (Å²) in [5.74, 6) is 0. The van der Waals surface area contributed by atoms with Gasteiger partial charge in [-0.25, -0.2) is 4.79 Å². The lowest BCUT2D eigenvalue weighted by Gasteiger charge is -2.19. The van der Waals surface area contributed by atoms with Crippen LogP contribution in [0.25, 0.3) is 17.0 Å². The van der Waals surface area contributed by atoms with E-state index in [0.717, 1.165) is 11.1 Å². The Morgan fingerprint density at radius 2 is 2.10 bits per heavy atom. The quantitative estimate of drug-likeness (QED) is 0.895. The van der Waals surface area contributed by atoms with E-state index < -0.39 is 11.7 Å². The fourth-order valence-electron chi connectivity index (χ4n) is 1.87. The largest absolute Gasteiger partial charge is 0.444 e. The first-order chi connectivity index (χ1) is 9.46. The maximum absolute atomic E-state index is 11.5. The maximum atomic E-state index is 11.5. The molecule has 106 valence electrons. The van der Waals surface area contributed by atoms with Gasteiger partial charge in [0.15, 0.2) is 0 Å². The van der Waals surface area contributed by atoms with Crippen molar-refractivity contribution in [3.8, 4) is 0 Å². The first-order valence-corrected chi connectivity index (χ1v) is 6.65. The Kier molecular flexibility index (Phi) is 4.13. The molecule has 2 aromatic rings. The molecule has 1 aromatic heterocycles. The van der Waals surface area contributed by atoms with Gasteiger partial charge in [0.05, 0.1) is 0 Å². The standard InChI is InChI=1S/C16H20N2O2/c1-16(2,3)20-15(19)17-10-6-7-12-11-18-14-9-5-4-8-13(12)14/h4-9,11,18H,10H2,1-3H3,(H,17,19). The van der Waals surface area contributed by atoms with Crippen molar-refractivity contribution in [3.63, 3.8) is 0 Å². The minimum atomic E-state index is -0.468. The average Bonchev–Trinajstić information content (AvgIpc) is 2.76. The van der Waals surface area contributed by atoms with E-state index in [9.17, 15) is 4.79 Å². The summed E-state index contributed by atoms with van der Waals surface area (Å²) in [5, 5.41) is 3.86. The van der Waals surface area contributed by atoms with Gasteiger partial charge in [-0.05, 0) is 32.4 Å². The predicted molar refractivity (Wildman–Crippen MR) is 81.6 cm³/mol. The molecule has 0 spiro atoms. The highest BCUT2D eigenvalue weighted by Crippen LogP contribution is 2.18. The molecule has 0 aliphatic carbocycles. The number of H-pyrrole nitrogens is 1. The molecule has 0 atom stereocenters. The molecule has 20 heavy (non-hydrogen) atoms. The zero-order chi connectivity index (χ0) is 14.6. The number of aromatic amines is 1. The second kappa shape index (κ2) is 5.82. The van der Waals surface area contributed by atoms with Crippen molar-refractivity contribution in [1.82, 2.24) is 10.3 Å². The molecule has 0 saturated carbocycles. The number of benzene rings is 1. The number of alkyl carbamates (subject to hydrolysis) is 1. The molecule has 0 unspecified atom stereocenters. The lowest BCUT2D eigenvalue weighted by Crippen LogP contribution is -2.32. The van der Waals surface area contributed by atoms with E-state index in [1.165, 1.54) is 5.39 Å². The van der Waals surface area contributed by atoms with E-state index in [4.69, 9.17) is 4.74 Å². The lowest BCUT2D eigenvalue weighted by atomic mass is 10.1. The van der Waals surface area contributed by atoms with Crippen LogP contribution in [0.1, 0.15) is 26.3 Å². The minimum Gasteiger partial charge on any atom is -0.444 e. The summed E-state index contributed by atoms with van der Waals surface area (Å²) in [6, 6.07) is 8.10. The second-order valence-electron chi connectivity index (χ2n) is 5.57. The molecule has 4 nitrogen and oxygen atoms in total. The molecule has 1 amide bonds. The second-order valence-corrected chi connectivity index (χ2v) is 5.57. The van der Waals surface area contributed by atoms with Gasteiger partial charge >= 0.3 is 6.09 Å². The summed E-state index contributed by atoms with van der Waals surface area (Å²) in [6.07, 6.45) is 5.44. The molecule has 1 heterocycles. The molecule has 1 aromatic carbocycles. The summed E-state index contributed by atoms with van der Waals surface area (Å²) in [7, 11) is 0. The van der Waals surface area contributed by atoms with Gasteiger partial charge in [0.25, 0.3) is 0 Å². The van der Waals surface area contributed by atoms with Crippen LogP contribution < -0.4 is 5.32 Å². The monoisotopic (exact) mass is 272 g/mol. The summed E-state index contributed by atoms with van der Waals surface area (Å²) in [5.41, 5.74) is 1.74. The van der Waals surface area contributed by atoms with E-state index in [1.54, 1.807) is 0 Å². The number of nitrogens with one attached hydrogen (secondary N) is 2. The molecular weight excluding hydrogens is 252 g/mol. The number of aromatic nitrogens is 1. The van der Waals surface area contributed by atoms with E-state index in [0.29, 0.717) is 6.54 Å². The Hall–Kier alpha value is -2.23. The van der Waals surface area contributed by atoms with Crippen LogP contribution in [0.15, 0.2) is 36.5 Å². The van der Waals surface area contributed by atoms with Crippen molar-refractivity contribution in [1.29, 1.82) is 0 Å². The number of rotatable bonds is 3. The van der Waals surface area contributed by atoms with Crippen molar-refractivity contribution >= 4 is 23.1 Å². The SMILES string of the molecule is CC(C)(C)OC(=O)NCC=Cc1c[nH]c2ccccc12. The van der Waals surface area contributed by atoms with Crippen LogP contribution >= 0.6 is 0 Å². The summed E-state index contributed by atoms with van der Waals surface area (Å²) in [6.45, 7) is 5.96. The summed E-state index contributed by atoms with van der Waals surface area (Å²) < 4.78 is 5.16. The number of hydrogen-bond donors (Lipinski definition) is 2. The van der Waals surface area contributed by atoms with Crippen LogP contribution in [0.2, 0.25) is 0 Å². The van der Waals surface area contributed by atoms with Gasteiger partial charge in [-0.15, -0.1) is 0 Å². The number of carbonyl (C=O) groups excluding carboxylic acids is 1. The van der Waals surface area contributed by atoms with E-state index in [-0.39, 0.29) is 0 Å².